The molecule has 0 saturated carbocycles. The third kappa shape index (κ3) is 3.23. The molecule has 0 spiro atoms. The summed E-state index contributed by atoms with van der Waals surface area (Å²) >= 11 is 0. The number of hydrogen-bond acceptors (Lipinski definition) is 4. The van der Waals surface area contributed by atoms with Gasteiger partial charge in [-0.05, 0) is 18.6 Å². The van der Waals surface area contributed by atoms with Gasteiger partial charge in [0.1, 0.15) is 11.4 Å². The van der Waals surface area contributed by atoms with Crippen LogP contribution in [0.4, 0.5) is 10.6 Å². The Morgan fingerprint density at radius 2 is 2.31 bits per heavy atom. The number of rotatable bonds is 4. The molecule has 1 aromatic rings. The molecule has 1 rings (SSSR count). The van der Waals surface area contributed by atoms with Crippen molar-refractivity contribution < 1.29 is 19.4 Å². The molecule has 0 fully saturated rings. The lowest BCUT2D eigenvalue weighted by Crippen LogP contribution is -2.17. The van der Waals surface area contributed by atoms with Gasteiger partial charge in [0.15, 0.2) is 0 Å². The largest absolute Gasteiger partial charge is 0.478 e. The normalized spacial score (nSPS) is 9.56. The molecule has 6 nitrogen and oxygen atoms in total. The van der Waals surface area contributed by atoms with E-state index in [1.807, 2.05) is 6.92 Å². The average molecular weight is 224 g/mol. The maximum Gasteiger partial charge on any atom is 0.412 e. The number of nitrogens with one attached hydrogen (secondary N) is 1. The molecule has 0 bridgehead atoms. The molecule has 6 heteroatoms. The topological polar surface area (TPSA) is 88.5 Å². The Bertz CT molecular complexity index is 392. The highest BCUT2D eigenvalue weighted by Crippen LogP contribution is 2.11. The van der Waals surface area contributed by atoms with Crippen molar-refractivity contribution in [2.75, 3.05) is 11.9 Å². The van der Waals surface area contributed by atoms with E-state index in [1.165, 1.54) is 18.3 Å². The lowest BCUT2D eigenvalue weighted by molar-refractivity contribution is 0.0697. The molecule has 0 aliphatic heterocycles. The first kappa shape index (κ1) is 12.0. The molecule has 2 N–H and O–H groups in total. The van der Waals surface area contributed by atoms with Gasteiger partial charge in [-0.2, -0.15) is 0 Å². The number of aromatic nitrogens is 1. The van der Waals surface area contributed by atoms with E-state index in [0.717, 1.165) is 0 Å². The van der Waals surface area contributed by atoms with Gasteiger partial charge in [-0.15, -0.1) is 0 Å². The third-order valence-corrected chi connectivity index (χ3v) is 1.70. The van der Waals surface area contributed by atoms with Gasteiger partial charge in [0, 0.05) is 6.20 Å². The molecular weight excluding hydrogens is 212 g/mol. The predicted molar refractivity (Wildman–Crippen MR) is 56.5 cm³/mol. The van der Waals surface area contributed by atoms with Crippen molar-refractivity contribution >= 4 is 17.9 Å². The first-order chi connectivity index (χ1) is 7.65. The Morgan fingerprint density at radius 1 is 1.56 bits per heavy atom. The smallest absolute Gasteiger partial charge is 0.412 e. The minimum absolute atomic E-state index is 0.0175. The van der Waals surface area contributed by atoms with Crippen LogP contribution in [0, 0.1) is 0 Å². The monoisotopic (exact) mass is 224 g/mol. The van der Waals surface area contributed by atoms with Gasteiger partial charge in [0.25, 0.3) is 0 Å². The zero-order valence-corrected chi connectivity index (χ0v) is 8.77. The molecular formula is C10H12N2O4. The summed E-state index contributed by atoms with van der Waals surface area (Å²) in [6, 6.07) is 2.83. The molecule has 0 saturated heterocycles. The zero-order valence-electron chi connectivity index (χ0n) is 8.77. The van der Waals surface area contributed by atoms with E-state index >= 15 is 0 Å². The zero-order chi connectivity index (χ0) is 12.0. The molecule has 0 aromatic carbocycles. The number of nitrogens with zero attached hydrogens (tertiary/aromatic N) is 1. The third-order valence-electron chi connectivity index (χ3n) is 1.70. The fourth-order valence-corrected chi connectivity index (χ4v) is 1.01. The minimum atomic E-state index is -1.15. The molecule has 16 heavy (non-hydrogen) atoms. The number of ether oxygens (including phenoxy) is 1. The maximum absolute atomic E-state index is 11.2. The van der Waals surface area contributed by atoms with E-state index in [0.29, 0.717) is 6.42 Å². The summed E-state index contributed by atoms with van der Waals surface area (Å²) < 4.78 is 4.75. The summed E-state index contributed by atoms with van der Waals surface area (Å²) in [7, 11) is 0. The lowest BCUT2D eigenvalue weighted by Gasteiger charge is -2.07. The van der Waals surface area contributed by atoms with Crippen LogP contribution in [-0.2, 0) is 4.74 Å². The van der Waals surface area contributed by atoms with Crippen LogP contribution >= 0.6 is 0 Å². The first-order valence-electron chi connectivity index (χ1n) is 4.77. The van der Waals surface area contributed by atoms with Crippen LogP contribution in [0.1, 0.15) is 23.7 Å². The number of hydrogen-bond donors (Lipinski definition) is 2. The van der Waals surface area contributed by atoms with E-state index in [2.05, 4.69) is 10.3 Å². The summed E-state index contributed by atoms with van der Waals surface area (Å²) in [5, 5.41) is 11.1. The summed E-state index contributed by atoms with van der Waals surface area (Å²) in [5.41, 5.74) is -0.0732. The summed E-state index contributed by atoms with van der Waals surface area (Å²) in [4.78, 5) is 25.7. The first-order valence-corrected chi connectivity index (χ1v) is 4.77. The van der Waals surface area contributed by atoms with E-state index in [4.69, 9.17) is 9.84 Å². The highest BCUT2D eigenvalue weighted by Gasteiger charge is 2.13. The van der Waals surface area contributed by atoms with Crippen LogP contribution in [0.3, 0.4) is 0 Å². The van der Waals surface area contributed by atoms with Crippen molar-refractivity contribution in [3.63, 3.8) is 0 Å². The molecule has 0 aliphatic carbocycles. The van der Waals surface area contributed by atoms with E-state index in [1.54, 1.807) is 0 Å². The molecule has 1 aromatic heterocycles. The number of aromatic carboxylic acids is 1. The SMILES string of the molecule is CCCOC(=O)Nc1ncccc1C(=O)O. The van der Waals surface area contributed by atoms with Crippen molar-refractivity contribution in [3.8, 4) is 0 Å². The second-order valence-electron chi connectivity index (χ2n) is 2.97. The average Bonchev–Trinajstić information content (AvgIpc) is 2.27. The highest BCUT2D eigenvalue weighted by atomic mass is 16.5. The Balaban J connectivity index is 2.73. The molecule has 0 aliphatic rings. The fraction of sp³-hybridized carbons (Fsp3) is 0.300. The summed E-state index contributed by atoms with van der Waals surface area (Å²) in [5.74, 6) is -1.17. The van der Waals surface area contributed by atoms with E-state index < -0.39 is 12.1 Å². The number of amides is 1. The maximum atomic E-state index is 11.2. The van der Waals surface area contributed by atoms with Crippen LogP contribution in [0.15, 0.2) is 18.3 Å². The second-order valence-corrected chi connectivity index (χ2v) is 2.97. The van der Waals surface area contributed by atoms with Crippen molar-refractivity contribution in [2.45, 2.75) is 13.3 Å². The lowest BCUT2D eigenvalue weighted by atomic mass is 10.2. The number of pyridine rings is 1. The standard InChI is InChI=1S/C10H12N2O4/c1-2-6-16-10(15)12-8-7(9(13)14)4-3-5-11-8/h3-5H,2,6H2,1H3,(H,13,14)(H,11,12,15). The van der Waals surface area contributed by atoms with Gasteiger partial charge in [-0.1, -0.05) is 6.92 Å². The summed E-state index contributed by atoms with van der Waals surface area (Å²) in [6.45, 7) is 2.14. The van der Waals surface area contributed by atoms with Crippen LogP contribution in [0.5, 0.6) is 0 Å². The van der Waals surface area contributed by atoms with Crippen LogP contribution in [-0.4, -0.2) is 28.8 Å². The van der Waals surface area contributed by atoms with Gasteiger partial charge in [-0.3, -0.25) is 5.32 Å². The molecule has 86 valence electrons. The second kappa shape index (κ2) is 5.69. The molecule has 1 amide bonds. The molecule has 0 atom stereocenters. The number of carbonyl (C=O) groups is 2. The molecule has 0 radical (unpaired) electrons. The Labute approximate surface area is 92.3 Å². The minimum Gasteiger partial charge on any atom is -0.478 e. The molecule has 1 heterocycles. The number of carboxylic acid groups (broad SMARTS) is 1. The van der Waals surface area contributed by atoms with Crippen molar-refractivity contribution in [1.82, 2.24) is 4.98 Å². The van der Waals surface area contributed by atoms with Crippen molar-refractivity contribution in [1.29, 1.82) is 0 Å². The number of anilines is 1. The van der Waals surface area contributed by atoms with Crippen LogP contribution in [0.25, 0.3) is 0 Å². The number of carboxylic acids is 1. The Kier molecular flexibility index (Phi) is 4.26. The van der Waals surface area contributed by atoms with Crippen molar-refractivity contribution in [2.24, 2.45) is 0 Å². The van der Waals surface area contributed by atoms with Gasteiger partial charge in [0.2, 0.25) is 0 Å². The van der Waals surface area contributed by atoms with Crippen LogP contribution in [0.2, 0.25) is 0 Å². The van der Waals surface area contributed by atoms with Gasteiger partial charge < -0.3 is 9.84 Å². The number of carbonyl (C=O) groups excluding carboxylic acids is 1. The Hall–Kier alpha value is -2.11. The fourth-order valence-electron chi connectivity index (χ4n) is 1.01. The predicted octanol–water partition coefficient (Wildman–Crippen LogP) is 1.74. The van der Waals surface area contributed by atoms with Crippen LogP contribution < -0.4 is 5.32 Å². The van der Waals surface area contributed by atoms with Crippen molar-refractivity contribution in [3.05, 3.63) is 23.9 Å². The quantitative estimate of drug-likeness (QED) is 0.813. The highest BCUT2D eigenvalue weighted by molar-refractivity contribution is 5.97. The summed E-state index contributed by atoms with van der Waals surface area (Å²) in [6.07, 6.45) is 1.38. The van der Waals surface area contributed by atoms with Gasteiger partial charge in [0.05, 0.1) is 6.61 Å². The van der Waals surface area contributed by atoms with E-state index in [9.17, 15) is 9.59 Å². The Morgan fingerprint density at radius 3 is 2.94 bits per heavy atom. The van der Waals surface area contributed by atoms with E-state index in [-0.39, 0.29) is 18.0 Å². The van der Waals surface area contributed by atoms with Gasteiger partial charge >= 0.3 is 12.1 Å². The van der Waals surface area contributed by atoms with Gasteiger partial charge in [-0.25, -0.2) is 14.6 Å². The molecule has 0 unspecified atom stereocenters.